The maximum Gasteiger partial charge on any atom is 0.420 e. The van der Waals surface area contributed by atoms with Crippen molar-refractivity contribution in [1.29, 1.82) is 0 Å². The molecule has 0 aromatic heterocycles. The molecule has 160 valence electrons. The van der Waals surface area contributed by atoms with E-state index in [2.05, 4.69) is 0 Å². The number of hydrogen-bond acceptors (Lipinski definition) is 5. The van der Waals surface area contributed by atoms with E-state index >= 15 is 0 Å². The number of ether oxygens (including phenoxy) is 5. The predicted molar refractivity (Wildman–Crippen MR) is 89.2 cm³/mol. The molecule has 2 aromatic carbocycles. The average molecular weight is 426 g/mol. The van der Waals surface area contributed by atoms with Gasteiger partial charge in [0.1, 0.15) is 22.6 Å². The molecule has 2 rings (SSSR count). The van der Waals surface area contributed by atoms with Crippen LogP contribution >= 0.6 is 0 Å². The van der Waals surface area contributed by atoms with E-state index in [1.807, 2.05) is 0 Å². The fourth-order valence-electron chi connectivity index (χ4n) is 2.46. The van der Waals surface area contributed by atoms with Crippen LogP contribution in [0.4, 0.5) is 26.3 Å². The number of methoxy groups -OCH3 is 4. The summed E-state index contributed by atoms with van der Waals surface area (Å²) in [6.45, 7) is 0. The Morgan fingerprint density at radius 2 is 0.793 bits per heavy atom. The number of halogens is 6. The molecule has 0 amide bonds. The molecular formula is C18H16F6O5. The lowest BCUT2D eigenvalue weighted by molar-refractivity contribution is -0.139. The van der Waals surface area contributed by atoms with E-state index in [0.717, 1.165) is 40.6 Å². The van der Waals surface area contributed by atoms with Crippen LogP contribution in [0.1, 0.15) is 11.1 Å². The van der Waals surface area contributed by atoms with Crippen LogP contribution in [0.25, 0.3) is 0 Å². The Hall–Kier alpha value is -2.98. The van der Waals surface area contributed by atoms with E-state index in [4.69, 9.17) is 23.7 Å². The van der Waals surface area contributed by atoms with Gasteiger partial charge in [0.25, 0.3) is 0 Å². The van der Waals surface area contributed by atoms with Crippen molar-refractivity contribution in [3.05, 3.63) is 35.4 Å². The summed E-state index contributed by atoms with van der Waals surface area (Å²) in [5.41, 5.74) is -2.22. The van der Waals surface area contributed by atoms with Crippen LogP contribution in [0.5, 0.6) is 34.5 Å². The minimum absolute atomic E-state index is 0.238. The summed E-state index contributed by atoms with van der Waals surface area (Å²) in [6, 6.07) is 3.13. The van der Waals surface area contributed by atoms with Crippen LogP contribution in [0.15, 0.2) is 24.3 Å². The molecule has 0 aliphatic heterocycles. The molecule has 0 unspecified atom stereocenters. The van der Waals surface area contributed by atoms with Crippen LogP contribution in [-0.4, -0.2) is 28.4 Å². The fourth-order valence-corrected chi connectivity index (χ4v) is 2.46. The van der Waals surface area contributed by atoms with Crippen LogP contribution in [-0.2, 0) is 12.4 Å². The molecule has 0 N–H and O–H groups in total. The van der Waals surface area contributed by atoms with Gasteiger partial charge < -0.3 is 23.7 Å². The molecule has 5 nitrogen and oxygen atoms in total. The van der Waals surface area contributed by atoms with Crippen LogP contribution in [0, 0.1) is 0 Å². The lowest BCUT2D eigenvalue weighted by Crippen LogP contribution is -2.09. The highest BCUT2D eigenvalue weighted by atomic mass is 19.4. The second-order valence-corrected chi connectivity index (χ2v) is 5.50. The Balaban J connectivity index is 2.61. The van der Waals surface area contributed by atoms with E-state index in [9.17, 15) is 26.3 Å². The molecule has 11 heteroatoms. The summed E-state index contributed by atoms with van der Waals surface area (Å²) in [5.74, 6) is -2.25. The molecular weight excluding hydrogens is 410 g/mol. The zero-order valence-corrected chi connectivity index (χ0v) is 15.6. The Bertz CT molecular complexity index is 805. The summed E-state index contributed by atoms with van der Waals surface area (Å²) in [6.07, 6.45) is -9.46. The van der Waals surface area contributed by atoms with Crippen LogP contribution < -0.4 is 23.7 Å². The second kappa shape index (κ2) is 8.18. The molecule has 29 heavy (non-hydrogen) atoms. The molecule has 0 aliphatic rings. The zero-order valence-electron chi connectivity index (χ0n) is 15.6. The van der Waals surface area contributed by atoms with Gasteiger partial charge in [-0.2, -0.15) is 26.3 Å². The lowest BCUT2D eigenvalue weighted by Gasteiger charge is -2.19. The van der Waals surface area contributed by atoms with Gasteiger partial charge in [0.05, 0.1) is 28.4 Å². The summed E-state index contributed by atoms with van der Waals surface area (Å²) < 4.78 is 104. The van der Waals surface area contributed by atoms with Gasteiger partial charge >= 0.3 is 12.4 Å². The second-order valence-electron chi connectivity index (χ2n) is 5.50. The van der Waals surface area contributed by atoms with Gasteiger partial charge in [0.2, 0.25) is 0 Å². The molecule has 0 heterocycles. The van der Waals surface area contributed by atoms with Gasteiger partial charge in [-0.25, -0.2) is 0 Å². The van der Waals surface area contributed by atoms with Crippen molar-refractivity contribution in [2.24, 2.45) is 0 Å². The van der Waals surface area contributed by atoms with Crippen molar-refractivity contribution in [2.45, 2.75) is 12.4 Å². The maximum atomic E-state index is 13.2. The van der Waals surface area contributed by atoms with Gasteiger partial charge in [-0.05, 0) is 12.1 Å². The third-order valence-electron chi connectivity index (χ3n) is 3.80. The molecule has 0 saturated carbocycles. The van der Waals surface area contributed by atoms with Crippen LogP contribution in [0.3, 0.4) is 0 Å². The highest BCUT2D eigenvalue weighted by Gasteiger charge is 2.37. The molecule has 0 bridgehead atoms. The molecule has 0 saturated heterocycles. The minimum atomic E-state index is -4.73. The van der Waals surface area contributed by atoms with Crippen molar-refractivity contribution in [2.75, 3.05) is 28.4 Å². The maximum absolute atomic E-state index is 13.2. The first-order chi connectivity index (χ1) is 13.5. The Labute approximate surface area is 161 Å². The number of rotatable bonds is 6. The third kappa shape index (κ3) is 4.72. The highest BCUT2D eigenvalue weighted by Crippen LogP contribution is 2.47. The minimum Gasteiger partial charge on any atom is -0.496 e. The summed E-state index contributed by atoms with van der Waals surface area (Å²) in [4.78, 5) is 0. The van der Waals surface area contributed by atoms with Gasteiger partial charge in [-0.3, -0.25) is 0 Å². The van der Waals surface area contributed by atoms with Gasteiger partial charge in [-0.1, -0.05) is 0 Å². The summed E-state index contributed by atoms with van der Waals surface area (Å²) in [7, 11) is 4.28. The van der Waals surface area contributed by atoms with E-state index in [1.54, 1.807) is 0 Å². The van der Waals surface area contributed by atoms with Gasteiger partial charge in [0, 0.05) is 12.1 Å². The molecule has 0 atom stereocenters. The molecule has 2 aromatic rings. The lowest BCUT2D eigenvalue weighted by atomic mass is 10.1. The highest BCUT2D eigenvalue weighted by molar-refractivity contribution is 5.57. The van der Waals surface area contributed by atoms with E-state index in [1.165, 1.54) is 0 Å². The summed E-state index contributed by atoms with van der Waals surface area (Å²) >= 11 is 0. The third-order valence-corrected chi connectivity index (χ3v) is 3.80. The SMILES string of the molecule is COc1cc(C(F)(F)F)c(OC)cc1Oc1cc(OC)c(C(F)(F)F)cc1OC. The molecule has 0 fully saturated rings. The summed E-state index contributed by atoms with van der Waals surface area (Å²) in [5, 5.41) is 0. The largest absolute Gasteiger partial charge is 0.496 e. The normalized spacial score (nSPS) is 11.8. The average Bonchev–Trinajstić information content (AvgIpc) is 2.65. The monoisotopic (exact) mass is 426 g/mol. The topological polar surface area (TPSA) is 46.2 Å². The van der Waals surface area contributed by atoms with E-state index < -0.39 is 35.0 Å². The van der Waals surface area contributed by atoms with E-state index in [0.29, 0.717) is 12.1 Å². The number of hydrogen-bond donors (Lipinski definition) is 0. The first-order valence-corrected chi connectivity index (χ1v) is 7.80. The van der Waals surface area contributed by atoms with Crippen molar-refractivity contribution in [1.82, 2.24) is 0 Å². The quantitative estimate of drug-likeness (QED) is 0.567. The fraction of sp³-hybridized carbons (Fsp3) is 0.333. The standard InChI is InChI=1S/C18H16F6O5/c1-25-11-7-15(13(27-3)5-9(11)17(19,20)21)29-16-8-12(26-2)10(18(22,23)24)6-14(16)28-4/h5-8H,1-4H3. The van der Waals surface area contributed by atoms with Gasteiger partial charge in [-0.15, -0.1) is 0 Å². The molecule has 0 spiro atoms. The zero-order chi connectivity index (χ0) is 22.0. The molecule has 0 aliphatic carbocycles. The van der Waals surface area contributed by atoms with E-state index in [-0.39, 0.29) is 23.0 Å². The number of alkyl halides is 6. The van der Waals surface area contributed by atoms with Gasteiger partial charge in [0.15, 0.2) is 23.0 Å². The number of benzene rings is 2. The first kappa shape index (κ1) is 22.3. The van der Waals surface area contributed by atoms with Crippen LogP contribution in [0.2, 0.25) is 0 Å². The predicted octanol–water partition coefficient (Wildman–Crippen LogP) is 5.55. The Kier molecular flexibility index (Phi) is 6.29. The molecule has 0 radical (unpaired) electrons. The Morgan fingerprint density at radius 3 is 1.03 bits per heavy atom. The van der Waals surface area contributed by atoms with Crippen molar-refractivity contribution < 1.29 is 50.0 Å². The van der Waals surface area contributed by atoms with Crippen molar-refractivity contribution in [3.8, 4) is 34.5 Å². The smallest absolute Gasteiger partial charge is 0.420 e. The first-order valence-electron chi connectivity index (χ1n) is 7.80. The Morgan fingerprint density at radius 1 is 0.483 bits per heavy atom. The van der Waals surface area contributed by atoms with Crippen molar-refractivity contribution in [3.63, 3.8) is 0 Å². The van der Waals surface area contributed by atoms with Crippen molar-refractivity contribution >= 4 is 0 Å².